The molecule has 0 spiro atoms. The molecular formula is C17H20ClN5O3. The smallest absolute Gasteiger partial charge is 0.279 e. The Kier molecular flexibility index (Phi) is 5.87. The molecule has 0 saturated heterocycles. The number of nitrogens with one attached hydrogen (secondary N) is 2. The minimum absolute atomic E-state index is 0.195. The maximum Gasteiger partial charge on any atom is 0.279 e. The first-order valence-electron chi connectivity index (χ1n) is 8.10. The van der Waals surface area contributed by atoms with Gasteiger partial charge in [-0.1, -0.05) is 11.6 Å². The third-order valence-electron chi connectivity index (χ3n) is 3.92. The van der Waals surface area contributed by atoms with Crippen molar-refractivity contribution in [3.63, 3.8) is 0 Å². The summed E-state index contributed by atoms with van der Waals surface area (Å²) in [7, 11) is 3.21. The summed E-state index contributed by atoms with van der Waals surface area (Å²) in [5.41, 5.74) is 2.23. The van der Waals surface area contributed by atoms with Crippen molar-refractivity contribution in [1.29, 1.82) is 0 Å². The molecule has 2 aromatic rings. The van der Waals surface area contributed by atoms with Crippen LogP contribution in [0.1, 0.15) is 5.69 Å². The SMILES string of the molecule is COCCN/C(=C1/N=CN(CCOC)C1=O)c1cc2c(Cl)ccnc2[nH]1. The average Bonchev–Trinajstić information content (AvgIpc) is 3.22. The fourth-order valence-corrected chi connectivity index (χ4v) is 2.81. The summed E-state index contributed by atoms with van der Waals surface area (Å²) < 4.78 is 10.1. The van der Waals surface area contributed by atoms with Gasteiger partial charge in [-0.2, -0.15) is 0 Å². The van der Waals surface area contributed by atoms with E-state index in [1.807, 2.05) is 6.07 Å². The zero-order valence-electron chi connectivity index (χ0n) is 14.6. The van der Waals surface area contributed by atoms with Crippen molar-refractivity contribution in [2.45, 2.75) is 0 Å². The Morgan fingerprint density at radius 1 is 1.35 bits per heavy atom. The standard InChI is InChI=1S/C17H20ClN5O3/c1-25-7-5-19-14(15-17(24)23(10-21-15)6-8-26-2)13-9-11-12(18)3-4-20-16(11)22-13/h3-4,9-10,19H,5-8H2,1-2H3,(H,20,22)/b15-14+. The highest BCUT2D eigenvalue weighted by Crippen LogP contribution is 2.27. The van der Waals surface area contributed by atoms with Crippen LogP contribution in [0.2, 0.25) is 5.02 Å². The lowest BCUT2D eigenvalue weighted by Gasteiger charge is -2.14. The molecule has 26 heavy (non-hydrogen) atoms. The maximum absolute atomic E-state index is 12.7. The number of rotatable bonds is 8. The molecule has 0 saturated carbocycles. The molecule has 0 unspecified atom stereocenters. The second kappa shape index (κ2) is 8.31. The molecular weight excluding hydrogens is 358 g/mol. The topological polar surface area (TPSA) is 91.8 Å². The molecule has 2 N–H and O–H groups in total. The first-order valence-corrected chi connectivity index (χ1v) is 8.48. The molecule has 138 valence electrons. The highest BCUT2D eigenvalue weighted by Gasteiger charge is 2.27. The molecule has 8 nitrogen and oxygen atoms in total. The number of amides is 1. The number of aromatic nitrogens is 2. The van der Waals surface area contributed by atoms with Crippen LogP contribution in [0, 0.1) is 0 Å². The van der Waals surface area contributed by atoms with Crippen LogP contribution in [0.3, 0.4) is 0 Å². The molecule has 2 aromatic heterocycles. The second-order valence-electron chi connectivity index (χ2n) is 5.62. The molecule has 3 rings (SSSR count). The largest absolute Gasteiger partial charge is 0.383 e. The summed E-state index contributed by atoms with van der Waals surface area (Å²) >= 11 is 6.24. The van der Waals surface area contributed by atoms with Gasteiger partial charge in [-0.3, -0.25) is 9.69 Å². The van der Waals surface area contributed by atoms with E-state index >= 15 is 0 Å². The van der Waals surface area contributed by atoms with Crippen molar-refractivity contribution in [3.05, 3.63) is 34.7 Å². The van der Waals surface area contributed by atoms with Gasteiger partial charge in [-0.25, -0.2) is 9.98 Å². The molecule has 3 heterocycles. The Morgan fingerprint density at radius 3 is 2.88 bits per heavy atom. The Balaban J connectivity index is 1.98. The fourth-order valence-electron chi connectivity index (χ4n) is 2.61. The molecule has 9 heteroatoms. The number of carbonyl (C=O) groups is 1. The molecule has 1 amide bonds. The van der Waals surface area contributed by atoms with Gasteiger partial charge in [0, 0.05) is 32.3 Å². The first kappa shape index (κ1) is 18.4. The summed E-state index contributed by atoms with van der Waals surface area (Å²) in [5, 5.41) is 4.59. The van der Waals surface area contributed by atoms with E-state index in [9.17, 15) is 4.79 Å². The lowest BCUT2D eigenvalue weighted by molar-refractivity contribution is -0.122. The predicted octanol–water partition coefficient (Wildman–Crippen LogP) is 1.64. The Bertz CT molecular complexity index is 861. The van der Waals surface area contributed by atoms with Gasteiger partial charge in [0.2, 0.25) is 0 Å². The number of methoxy groups -OCH3 is 2. The van der Waals surface area contributed by atoms with E-state index in [4.69, 9.17) is 21.1 Å². The van der Waals surface area contributed by atoms with Gasteiger partial charge in [0.25, 0.3) is 5.91 Å². The van der Waals surface area contributed by atoms with E-state index in [0.717, 1.165) is 5.39 Å². The van der Waals surface area contributed by atoms with E-state index in [1.165, 1.54) is 11.2 Å². The molecule has 0 radical (unpaired) electrons. The quantitative estimate of drug-likeness (QED) is 0.539. The summed E-state index contributed by atoms with van der Waals surface area (Å²) in [6, 6.07) is 3.57. The summed E-state index contributed by atoms with van der Waals surface area (Å²) in [6.45, 7) is 1.88. The van der Waals surface area contributed by atoms with Gasteiger partial charge in [0.05, 0.1) is 42.5 Å². The van der Waals surface area contributed by atoms with E-state index in [2.05, 4.69) is 20.3 Å². The summed E-state index contributed by atoms with van der Waals surface area (Å²) in [5.74, 6) is -0.195. The number of aliphatic imine (C=N–C) groups is 1. The van der Waals surface area contributed by atoms with Crippen molar-refractivity contribution in [1.82, 2.24) is 20.2 Å². The molecule has 1 aliphatic heterocycles. The van der Waals surface area contributed by atoms with Crippen molar-refractivity contribution < 1.29 is 14.3 Å². The van der Waals surface area contributed by atoms with Crippen LogP contribution >= 0.6 is 11.6 Å². The van der Waals surface area contributed by atoms with Crippen molar-refractivity contribution >= 4 is 40.6 Å². The highest BCUT2D eigenvalue weighted by molar-refractivity contribution is 6.35. The fraction of sp³-hybridized carbons (Fsp3) is 0.353. The van der Waals surface area contributed by atoms with Gasteiger partial charge >= 0.3 is 0 Å². The minimum Gasteiger partial charge on any atom is -0.383 e. The number of halogens is 1. The van der Waals surface area contributed by atoms with Gasteiger partial charge in [0.1, 0.15) is 5.65 Å². The number of nitrogens with zero attached hydrogens (tertiary/aromatic N) is 3. The van der Waals surface area contributed by atoms with Crippen molar-refractivity contribution in [2.75, 3.05) is 40.5 Å². The number of H-pyrrole nitrogens is 1. The number of hydrogen-bond donors (Lipinski definition) is 2. The van der Waals surface area contributed by atoms with Crippen LogP contribution < -0.4 is 5.32 Å². The third kappa shape index (κ3) is 3.72. The number of pyridine rings is 1. The van der Waals surface area contributed by atoms with Crippen LogP contribution in [-0.2, 0) is 14.3 Å². The van der Waals surface area contributed by atoms with Crippen molar-refractivity contribution in [2.24, 2.45) is 4.99 Å². The molecule has 0 bridgehead atoms. The van der Waals surface area contributed by atoms with Crippen LogP contribution in [0.15, 0.2) is 29.0 Å². The molecule has 1 aliphatic rings. The summed E-state index contributed by atoms with van der Waals surface area (Å²) in [4.78, 5) is 26.0. The van der Waals surface area contributed by atoms with Crippen molar-refractivity contribution in [3.8, 4) is 0 Å². The summed E-state index contributed by atoms with van der Waals surface area (Å²) in [6.07, 6.45) is 3.14. The first-order chi connectivity index (χ1) is 12.7. The molecule has 0 fully saturated rings. The number of hydrogen-bond acceptors (Lipinski definition) is 6. The lowest BCUT2D eigenvalue weighted by atomic mass is 10.2. The van der Waals surface area contributed by atoms with Gasteiger partial charge in [-0.15, -0.1) is 0 Å². The third-order valence-corrected chi connectivity index (χ3v) is 4.25. The van der Waals surface area contributed by atoms with E-state index < -0.39 is 0 Å². The molecule has 0 aliphatic carbocycles. The van der Waals surface area contributed by atoms with Crippen LogP contribution in [-0.4, -0.2) is 67.6 Å². The Morgan fingerprint density at radius 2 is 2.15 bits per heavy atom. The lowest BCUT2D eigenvalue weighted by Crippen LogP contribution is -2.30. The normalized spacial score (nSPS) is 16.0. The van der Waals surface area contributed by atoms with E-state index in [1.54, 1.807) is 26.5 Å². The average molecular weight is 378 g/mol. The number of ether oxygens (including phenoxy) is 2. The number of carbonyl (C=O) groups excluding carboxylic acids is 1. The van der Waals surface area contributed by atoms with E-state index in [-0.39, 0.29) is 5.91 Å². The highest BCUT2D eigenvalue weighted by atomic mass is 35.5. The molecule has 0 aromatic carbocycles. The zero-order valence-corrected chi connectivity index (χ0v) is 15.3. The van der Waals surface area contributed by atoms with E-state index in [0.29, 0.717) is 54.1 Å². The van der Waals surface area contributed by atoms with Crippen LogP contribution in [0.25, 0.3) is 16.7 Å². The minimum atomic E-state index is -0.195. The Hall–Kier alpha value is -2.42. The van der Waals surface area contributed by atoms with Crippen LogP contribution in [0.5, 0.6) is 0 Å². The number of aromatic amines is 1. The van der Waals surface area contributed by atoms with Gasteiger partial charge in [0.15, 0.2) is 5.70 Å². The molecule has 0 atom stereocenters. The monoisotopic (exact) mass is 377 g/mol. The second-order valence-corrected chi connectivity index (χ2v) is 6.02. The zero-order chi connectivity index (χ0) is 18.5. The Labute approximate surface area is 155 Å². The number of fused-ring (bicyclic) bond motifs is 1. The van der Waals surface area contributed by atoms with Gasteiger partial charge in [-0.05, 0) is 12.1 Å². The van der Waals surface area contributed by atoms with Gasteiger partial charge < -0.3 is 19.8 Å². The van der Waals surface area contributed by atoms with Crippen LogP contribution in [0.4, 0.5) is 0 Å². The maximum atomic E-state index is 12.7. The predicted molar refractivity (Wildman–Crippen MR) is 100.0 cm³/mol.